The van der Waals surface area contributed by atoms with Gasteiger partial charge in [0.05, 0.1) is 0 Å². The molecule has 0 rings (SSSR count). The van der Waals surface area contributed by atoms with Crippen LogP contribution in [0.25, 0.3) is 0 Å². The first-order chi connectivity index (χ1) is 2.41. The molecule has 0 unspecified atom stereocenters. The average molecular weight is 625 g/mol. The van der Waals surface area contributed by atoms with Crippen LogP contribution >= 0.6 is 0 Å². The Hall–Kier alpha value is 6.54. The summed E-state index contributed by atoms with van der Waals surface area (Å²) in [7, 11) is 1.50. The van der Waals surface area contributed by atoms with Gasteiger partial charge in [-0.15, -0.1) is 0 Å². The van der Waals surface area contributed by atoms with Crippen LogP contribution in [0.2, 0.25) is 0 Å². The van der Waals surface area contributed by atoms with Crippen molar-refractivity contribution in [1.29, 1.82) is 0 Å². The van der Waals surface area contributed by atoms with Gasteiger partial charge in [-0.05, 0) is 7.11 Å². The molecule has 0 atom stereocenters. The molecule has 0 spiro atoms. The number of aliphatic hydroxyl groups excluding tert-OH is 1. The maximum Gasteiger partial charge on any atom is 0 e. The summed E-state index contributed by atoms with van der Waals surface area (Å²) in [4.78, 5) is 0. The van der Waals surface area contributed by atoms with E-state index in [1.807, 2.05) is 0 Å². The van der Waals surface area contributed by atoms with Crippen molar-refractivity contribution in [2.24, 2.45) is 0 Å². The first-order valence-corrected chi connectivity index (χ1v) is 1.37. The molecule has 0 bridgehead atoms. The number of hydrogen-bond acceptors (Lipinski definition) is 2. The minimum Gasteiger partial charge on any atom is -0.552 e. The van der Waals surface area contributed by atoms with Crippen molar-refractivity contribution in [3.8, 4) is 0 Å². The molecule has 1 N–H and O–H groups in total. The summed E-state index contributed by atoms with van der Waals surface area (Å²) in [6.07, 6.45) is 0. The second kappa shape index (κ2) is 52.7. The first kappa shape index (κ1) is 51.3. The standard InChI is InChI=1S/C3H7O2.CH4.6Y/c1-5-3-2-4;;;;;;;/h3-4H,2H2,1H3;1H4;;;;;;/q-1;;;;;;;. The second-order valence-corrected chi connectivity index (χ2v) is 0.585. The SMILES string of the molecule is C.CO[CH-]CO.[Y].[Y].[Y].[Y].[Y].[Y]. The van der Waals surface area contributed by atoms with Crippen molar-refractivity contribution in [2.75, 3.05) is 13.7 Å². The van der Waals surface area contributed by atoms with Crippen molar-refractivity contribution in [3.05, 3.63) is 6.61 Å². The maximum atomic E-state index is 7.89. The van der Waals surface area contributed by atoms with Crippen LogP contribution in [0.15, 0.2) is 0 Å². The minimum absolute atomic E-state index is 0. The van der Waals surface area contributed by atoms with Gasteiger partial charge in [0, 0.05) is 196 Å². The topological polar surface area (TPSA) is 29.5 Å². The first-order valence-electron chi connectivity index (χ1n) is 1.37. The number of aliphatic hydroxyl groups is 1. The number of hydrogen-bond donors (Lipinski definition) is 1. The zero-order valence-electron chi connectivity index (χ0n) is 6.60. The van der Waals surface area contributed by atoms with Gasteiger partial charge in [0.2, 0.25) is 0 Å². The van der Waals surface area contributed by atoms with Gasteiger partial charge in [-0.25, -0.2) is 0 Å². The zero-order chi connectivity index (χ0) is 4.12. The van der Waals surface area contributed by atoms with Crippen LogP contribution in [0.5, 0.6) is 0 Å². The summed E-state index contributed by atoms with van der Waals surface area (Å²) in [5.41, 5.74) is 0. The second-order valence-electron chi connectivity index (χ2n) is 0.585. The molecule has 0 saturated heterocycles. The monoisotopic (exact) mass is 625 g/mol. The summed E-state index contributed by atoms with van der Waals surface area (Å²) in [5, 5.41) is 7.89. The van der Waals surface area contributed by atoms with E-state index in [0.29, 0.717) is 0 Å². The van der Waals surface area contributed by atoms with Crippen LogP contribution in [-0.4, -0.2) is 18.8 Å². The molecule has 0 aromatic carbocycles. The molecule has 6 radical (unpaired) electrons. The summed E-state index contributed by atoms with van der Waals surface area (Å²) in [5.74, 6) is 0. The summed E-state index contributed by atoms with van der Waals surface area (Å²) in [6.45, 7) is 1.30. The maximum absolute atomic E-state index is 7.89. The van der Waals surface area contributed by atoms with Crippen molar-refractivity contribution in [1.82, 2.24) is 0 Å². The quantitative estimate of drug-likeness (QED) is 0.452. The average Bonchev–Trinajstić information content (AvgIpc) is 1.41. The molecule has 0 fully saturated rings. The minimum atomic E-state index is -0.00347. The van der Waals surface area contributed by atoms with Crippen molar-refractivity contribution in [3.63, 3.8) is 0 Å². The normalized spacial score (nSPS) is 3.50. The third-order valence-corrected chi connectivity index (χ3v) is 0.241. The van der Waals surface area contributed by atoms with Gasteiger partial charge in [-0.1, -0.05) is 14.0 Å². The van der Waals surface area contributed by atoms with Gasteiger partial charge in [0.25, 0.3) is 0 Å². The Kier molecular flexibility index (Phi) is 226. The summed E-state index contributed by atoms with van der Waals surface area (Å²) in [6, 6.07) is 0. The van der Waals surface area contributed by atoms with Gasteiger partial charge in [0.15, 0.2) is 0 Å². The predicted octanol–water partition coefficient (Wildman–Crippen LogP) is 0.408. The van der Waals surface area contributed by atoms with E-state index in [2.05, 4.69) is 4.74 Å². The van der Waals surface area contributed by atoms with E-state index in [1.165, 1.54) is 13.7 Å². The van der Waals surface area contributed by atoms with Crippen LogP contribution in [0.1, 0.15) is 7.43 Å². The van der Waals surface area contributed by atoms with E-state index in [0.717, 1.165) is 0 Å². The molecule has 0 aliphatic carbocycles. The molecule has 0 aliphatic rings. The van der Waals surface area contributed by atoms with Gasteiger partial charge in [-0.3, -0.25) is 0 Å². The van der Waals surface area contributed by atoms with Crippen molar-refractivity contribution in [2.45, 2.75) is 7.43 Å². The van der Waals surface area contributed by atoms with Crippen molar-refractivity contribution < 1.29 is 206 Å². The third-order valence-electron chi connectivity index (χ3n) is 0.241. The molecule has 58 valence electrons. The summed E-state index contributed by atoms with van der Waals surface area (Å²) >= 11 is 0. The number of rotatable bonds is 2. The molecule has 0 amide bonds. The molecule has 8 heteroatoms. The van der Waals surface area contributed by atoms with Crippen LogP contribution in [0.3, 0.4) is 0 Å². The summed E-state index contributed by atoms with van der Waals surface area (Å²) < 4.78 is 4.32. The van der Waals surface area contributed by atoms with Crippen LogP contribution in [-0.2, 0) is 201 Å². The Morgan fingerprint density at radius 3 is 1.25 bits per heavy atom. The van der Waals surface area contributed by atoms with Crippen LogP contribution in [0, 0.1) is 6.61 Å². The Labute approximate surface area is 227 Å². The molecule has 2 nitrogen and oxygen atoms in total. The van der Waals surface area contributed by atoms with E-state index < -0.39 is 0 Å². The Balaban J connectivity index is -0.00000000381. The van der Waals surface area contributed by atoms with Gasteiger partial charge >= 0.3 is 0 Å². The molecule has 0 saturated carbocycles. The molecule has 0 aromatic rings. The van der Waals surface area contributed by atoms with E-state index in [1.54, 1.807) is 0 Å². The fraction of sp³-hybridized carbons (Fsp3) is 0.750. The van der Waals surface area contributed by atoms with E-state index >= 15 is 0 Å². The molecular formula is C4H11O2Y6-. The molecule has 0 heterocycles. The number of methoxy groups -OCH3 is 1. The van der Waals surface area contributed by atoms with Gasteiger partial charge in [0.1, 0.15) is 0 Å². The number of ether oxygens (including phenoxy) is 1. The van der Waals surface area contributed by atoms with Crippen LogP contribution < -0.4 is 0 Å². The molecule has 0 aliphatic heterocycles. The predicted molar refractivity (Wildman–Crippen MR) is 25.1 cm³/mol. The van der Waals surface area contributed by atoms with Gasteiger partial charge in [-0.2, -0.15) is 6.61 Å². The fourth-order valence-electron chi connectivity index (χ4n) is 0.0745. The Morgan fingerprint density at radius 2 is 1.25 bits per heavy atom. The molecule has 0 aromatic heterocycles. The fourth-order valence-corrected chi connectivity index (χ4v) is 0.0745. The molecular weight excluding hydrogens is 613 g/mol. The van der Waals surface area contributed by atoms with Gasteiger partial charge < -0.3 is 9.84 Å². The third kappa shape index (κ3) is 54.8. The zero-order valence-corrected chi connectivity index (χ0v) is 23.6. The van der Waals surface area contributed by atoms with E-state index in [9.17, 15) is 0 Å². The smallest absolute Gasteiger partial charge is 0 e. The van der Waals surface area contributed by atoms with E-state index in [-0.39, 0.29) is 210 Å². The Morgan fingerprint density at radius 1 is 1.00 bits per heavy atom. The van der Waals surface area contributed by atoms with Crippen LogP contribution in [0.4, 0.5) is 0 Å². The Bertz CT molecular complexity index is 25.0. The van der Waals surface area contributed by atoms with E-state index in [4.69, 9.17) is 5.11 Å². The molecule has 12 heavy (non-hydrogen) atoms. The largest absolute Gasteiger partial charge is 0.552 e. The van der Waals surface area contributed by atoms with Crippen molar-refractivity contribution >= 4 is 0 Å².